The zero-order valence-corrected chi connectivity index (χ0v) is 8.55. The van der Waals surface area contributed by atoms with E-state index in [9.17, 15) is 8.78 Å². The molecule has 0 saturated heterocycles. The molecule has 1 atom stereocenters. The summed E-state index contributed by atoms with van der Waals surface area (Å²) in [6.45, 7) is 0. The lowest BCUT2D eigenvalue weighted by atomic mass is 9.92. The molecular formula is C12H15F2N. The predicted molar refractivity (Wildman–Crippen MR) is 55.2 cm³/mol. The van der Waals surface area contributed by atoms with Gasteiger partial charge in [-0.15, -0.1) is 0 Å². The molecule has 3 heteroatoms. The molecule has 0 amide bonds. The van der Waals surface area contributed by atoms with Crippen molar-refractivity contribution in [1.29, 1.82) is 0 Å². The van der Waals surface area contributed by atoms with Crippen LogP contribution in [-0.4, -0.2) is 0 Å². The van der Waals surface area contributed by atoms with Crippen molar-refractivity contribution in [3.8, 4) is 0 Å². The first-order valence-corrected chi connectivity index (χ1v) is 5.38. The Morgan fingerprint density at radius 3 is 2.13 bits per heavy atom. The van der Waals surface area contributed by atoms with E-state index in [0.29, 0.717) is 11.5 Å². The third kappa shape index (κ3) is 2.34. The average molecular weight is 211 g/mol. The Kier molecular flexibility index (Phi) is 3.00. The molecule has 0 spiro atoms. The van der Waals surface area contributed by atoms with Crippen molar-refractivity contribution in [2.45, 2.75) is 31.7 Å². The summed E-state index contributed by atoms with van der Waals surface area (Å²) in [6, 6.07) is 3.33. The molecule has 82 valence electrons. The van der Waals surface area contributed by atoms with Crippen LogP contribution in [0.3, 0.4) is 0 Å². The predicted octanol–water partition coefficient (Wildman–Crippen LogP) is 3.15. The number of halogens is 2. The van der Waals surface area contributed by atoms with Crippen molar-refractivity contribution in [2.75, 3.05) is 0 Å². The molecule has 0 heterocycles. The monoisotopic (exact) mass is 211 g/mol. The van der Waals surface area contributed by atoms with Crippen LogP contribution in [0.4, 0.5) is 8.78 Å². The second-order valence-electron chi connectivity index (χ2n) is 4.27. The van der Waals surface area contributed by atoms with E-state index < -0.39 is 11.6 Å². The quantitative estimate of drug-likeness (QED) is 0.799. The molecule has 1 aromatic rings. The number of rotatable bonds is 2. The summed E-state index contributed by atoms with van der Waals surface area (Å²) in [7, 11) is 0. The number of nitrogens with two attached hydrogens (primary N) is 1. The van der Waals surface area contributed by atoms with E-state index in [1.807, 2.05) is 0 Å². The minimum atomic E-state index is -0.543. The van der Waals surface area contributed by atoms with Gasteiger partial charge in [0.05, 0.1) is 0 Å². The van der Waals surface area contributed by atoms with E-state index in [4.69, 9.17) is 5.73 Å². The Bertz CT molecular complexity index is 325. The molecule has 1 aromatic carbocycles. The summed E-state index contributed by atoms with van der Waals surface area (Å²) >= 11 is 0. The molecule has 1 unspecified atom stereocenters. The Labute approximate surface area is 88.3 Å². The van der Waals surface area contributed by atoms with Gasteiger partial charge in [0.2, 0.25) is 0 Å². The first-order chi connectivity index (χ1) is 7.16. The lowest BCUT2D eigenvalue weighted by Gasteiger charge is -2.19. The van der Waals surface area contributed by atoms with Gasteiger partial charge in [0.1, 0.15) is 11.6 Å². The summed E-state index contributed by atoms with van der Waals surface area (Å²) in [5.74, 6) is -0.705. The van der Waals surface area contributed by atoms with E-state index in [2.05, 4.69) is 0 Å². The molecule has 1 fully saturated rings. The van der Waals surface area contributed by atoms with Gasteiger partial charge in [-0.1, -0.05) is 12.8 Å². The summed E-state index contributed by atoms with van der Waals surface area (Å²) in [6.07, 6.45) is 4.49. The Morgan fingerprint density at radius 1 is 1.07 bits per heavy atom. The number of benzene rings is 1. The van der Waals surface area contributed by atoms with E-state index in [1.54, 1.807) is 0 Å². The molecule has 0 aromatic heterocycles. The van der Waals surface area contributed by atoms with E-state index >= 15 is 0 Å². The largest absolute Gasteiger partial charge is 0.324 e. The highest BCUT2D eigenvalue weighted by molar-refractivity contribution is 5.22. The SMILES string of the molecule is NC(c1cc(F)cc(F)c1)C1CCCC1. The van der Waals surface area contributed by atoms with Crippen LogP contribution in [0.15, 0.2) is 18.2 Å². The van der Waals surface area contributed by atoms with Crippen LogP contribution in [0.2, 0.25) is 0 Å². The van der Waals surface area contributed by atoms with Gasteiger partial charge in [-0.25, -0.2) is 8.78 Å². The minimum Gasteiger partial charge on any atom is -0.324 e. The molecule has 2 N–H and O–H groups in total. The lowest BCUT2D eigenvalue weighted by molar-refractivity contribution is 0.440. The maximum absolute atomic E-state index is 13.0. The van der Waals surface area contributed by atoms with Crippen molar-refractivity contribution in [3.63, 3.8) is 0 Å². The zero-order valence-electron chi connectivity index (χ0n) is 8.55. The summed E-state index contributed by atoms with van der Waals surface area (Å²) in [5.41, 5.74) is 6.59. The molecule has 1 nitrogen and oxygen atoms in total. The maximum Gasteiger partial charge on any atom is 0.126 e. The van der Waals surface area contributed by atoms with Gasteiger partial charge in [-0.3, -0.25) is 0 Å². The van der Waals surface area contributed by atoms with Crippen LogP contribution in [0.25, 0.3) is 0 Å². The fourth-order valence-electron chi connectivity index (χ4n) is 2.36. The van der Waals surface area contributed by atoms with Crippen LogP contribution in [0.5, 0.6) is 0 Å². The van der Waals surface area contributed by atoms with Crippen LogP contribution in [0.1, 0.15) is 37.3 Å². The smallest absolute Gasteiger partial charge is 0.126 e. The topological polar surface area (TPSA) is 26.0 Å². The lowest BCUT2D eigenvalue weighted by Crippen LogP contribution is -2.19. The maximum atomic E-state index is 13.0. The first kappa shape index (κ1) is 10.6. The van der Waals surface area contributed by atoms with Crippen LogP contribution >= 0.6 is 0 Å². The highest BCUT2D eigenvalue weighted by atomic mass is 19.1. The summed E-state index contributed by atoms with van der Waals surface area (Å²) in [5, 5.41) is 0. The van der Waals surface area contributed by atoms with Gasteiger partial charge in [-0.2, -0.15) is 0 Å². The van der Waals surface area contributed by atoms with Crippen molar-refractivity contribution in [2.24, 2.45) is 11.7 Å². The summed E-state index contributed by atoms with van der Waals surface area (Å²) in [4.78, 5) is 0. The second-order valence-corrected chi connectivity index (χ2v) is 4.27. The van der Waals surface area contributed by atoms with Crippen LogP contribution < -0.4 is 5.73 Å². The molecule has 15 heavy (non-hydrogen) atoms. The van der Waals surface area contributed by atoms with E-state index in [-0.39, 0.29) is 6.04 Å². The molecule has 1 saturated carbocycles. The highest BCUT2D eigenvalue weighted by Crippen LogP contribution is 2.34. The molecule has 0 bridgehead atoms. The molecule has 0 radical (unpaired) electrons. The van der Waals surface area contributed by atoms with Crippen molar-refractivity contribution < 1.29 is 8.78 Å². The van der Waals surface area contributed by atoms with Gasteiger partial charge in [0, 0.05) is 12.1 Å². The number of hydrogen-bond donors (Lipinski definition) is 1. The van der Waals surface area contributed by atoms with Gasteiger partial charge < -0.3 is 5.73 Å². The van der Waals surface area contributed by atoms with E-state index in [1.165, 1.54) is 25.0 Å². The zero-order chi connectivity index (χ0) is 10.8. The molecule has 1 aliphatic carbocycles. The molecule has 2 rings (SSSR count). The van der Waals surface area contributed by atoms with Gasteiger partial charge in [-0.05, 0) is 36.5 Å². The summed E-state index contributed by atoms with van der Waals surface area (Å²) < 4.78 is 26.0. The van der Waals surface area contributed by atoms with Gasteiger partial charge in [0.25, 0.3) is 0 Å². The standard InChI is InChI=1S/C12H15F2N/c13-10-5-9(6-11(14)7-10)12(15)8-3-1-2-4-8/h5-8,12H,1-4,15H2. The fraction of sp³-hybridized carbons (Fsp3) is 0.500. The second kappa shape index (κ2) is 4.27. The van der Waals surface area contributed by atoms with Gasteiger partial charge >= 0.3 is 0 Å². The Hall–Kier alpha value is -0.960. The number of hydrogen-bond acceptors (Lipinski definition) is 1. The van der Waals surface area contributed by atoms with Crippen LogP contribution in [0, 0.1) is 17.6 Å². The normalized spacial score (nSPS) is 19.4. The molecule has 1 aliphatic rings. The first-order valence-electron chi connectivity index (χ1n) is 5.38. The van der Waals surface area contributed by atoms with Crippen LogP contribution in [-0.2, 0) is 0 Å². The third-order valence-corrected chi connectivity index (χ3v) is 3.18. The molecule has 0 aliphatic heterocycles. The van der Waals surface area contributed by atoms with Crippen molar-refractivity contribution >= 4 is 0 Å². The van der Waals surface area contributed by atoms with Gasteiger partial charge in [0.15, 0.2) is 0 Å². The minimum absolute atomic E-state index is 0.224. The van der Waals surface area contributed by atoms with E-state index in [0.717, 1.165) is 18.9 Å². The Balaban J connectivity index is 2.20. The van der Waals surface area contributed by atoms with Crippen molar-refractivity contribution in [1.82, 2.24) is 0 Å². The Morgan fingerprint density at radius 2 is 1.60 bits per heavy atom. The average Bonchev–Trinajstić information content (AvgIpc) is 2.67. The highest BCUT2D eigenvalue weighted by Gasteiger charge is 2.23. The van der Waals surface area contributed by atoms with Crippen molar-refractivity contribution in [3.05, 3.63) is 35.4 Å². The third-order valence-electron chi connectivity index (χ3n) is 3.18. The fourth-order valence-corrected chi connectivity index (χ4v) is 2.36. The molecular weight excluding hydrogens is 196 g/mol.